The second-order valence-electron chi connectivity index (χ2n) is 5.86. The standard InChI is InChI=1S/C16H20N4O4/c1-19-13-4-3-10(5-12(13)18-14(19)8-21)16(23)20-6-11(7-20)17-15(22)9-24-2/h3-5,11,21H,6-9H2,1-2H3,(H,17,22). The van der Waals surface area contributed by atoms with Crippen molar-refractivity contribution in [2.24, 2.45) is 7.05 Å². The van der Waals surface area contributed by atoms with Gasteiger partial charge in [-0.15, -0.1) is 0 Å². The Bertz CT molecular complexity index is 780. The topological polar surface area (TPSA) is 96.7 Å². The van der Waals surface area contributed by atoms with Crippen LogP contribution in [0.5, 0.6) is 0 Å². The Kier molecular flexibility index (Phi) is 4.50. The number of fused-ring (bicyclic) bond motifs is 1. The molecule has 0 unspecified atom stereocenters. The molecular weight excluding hydrogens is 312 g/mol. The predicted molar refractivity (Wildman–Crippen MR) is 86.3 cm³/mol. The summed E-state index contributed by atoms with van der Waals surface area (Å²) in [4.78, 5) is 29.9. The summed E-state index contributed by atoms with van der Waals surface area (Å²) >= 11 is 0. The fourth-order valence-corrected chi connectivity index (χ4v) is 2.84. The minimum absolute atomic E-state index is 0.0218. The van der Waals surface area contributed by atoms with Crippen molar-refractivity contribution in [2.45, 2.75) is 12.6 Å². The summed E-state index contributed by atoms with van der Waals surface area (Å²) in [5, 5.41) is 12.1. The molecule has 2 heterocycles. The lowest BCUT2D eigenvalue weighted by atomic mass is 10.1. The summed E-state index contributed by atoms with van der Waals surface area (Å²) in [6.45, 7) is 0.838. The maximum atomic E-state index is 12.5. The lowest BCUT2D eigenvalue weighted by molar-refractivity contribution is -0.126. The molecule has 3 rings (SSSR count). The van der Waals surface area contributed by atoms with E-state index in [0.29, 0.717) is 30.0 Å². The third kappa shape index (κ3) is 2.98. The molecule has 0 aliphatic carbocycles. The van der Waals surface area contributed by atoms with Gasteiger partial charge in [-0.05, 0) is 18.2 Å². The molecule has 2 aromatic rings. The van der Waals surface area contributed by atoms with Crippen LogP contribution in [0.3, 0.4) is 0 Å². The lowest BCUT2D eigenvalue weighted by Gasteiger charge is -2.39. The maximum Gasteiger partial charge on any atom is 0.254 e. The molecular formula is C16H20N4O4. The van der Waals surface area contributed by atoms with Crippen molar-refractivity contribution in [3.8, 4) is 0 Å². The van der Waals surface area contributed by atoms with E-state index in [2.05, 4.69) is 10.3 Å². The number of likely N-dealkylation sites (tertiary alicyclic amines) is 1. The largest absolute Gasteiger partial charge is 0.388 e. The molecule has 0 atom stereocenters. The number of nitrogens with zero attached hydrogens (tertiary/aromatic N) is 3. The monoisotopic (exact) mass is 332 g/mol. The van der Waals surface area contributed by atoms with Crippen LogP contribution in [0.25, 0.3) is 11.0 Å². The Labute approximate surface area is 139 Å². The van der Waals surface area contributed by atoms with Crippen molar-refractivity contribution in [3.63, 3.8) is 0 Å². The van der Waals surface area contributed by atoms with Crippen molar-refractivity contribution in [1.82, 2.24) is 19.8 Å². The number of methoxy groups -OCH3 is 1. The normalized spacial score (nSPS) is 14.7. The van der Waals surface area contributed by atoms with Gasteiger partial charge in [-0.1, -0.05) is 0 Å². The van der Waals surface area contributed by atoms with E-state index in [1.165, 1.54) is 7.11 Å². The van der Waals surface area contributed by atoms with Gasteiger partial charge in [-0.2, -0.15) is 0 Å². The van der Waals surface area contributed by atoms with Crippen LogP contribution in [-0.4, -0.2) is 64.2 Å². The van der Waals surface area contributed by atoms with Crippen LogP contribution < -0.4 is 5.32 Å². The molecule has 0 radical (unpaired) electrons. The smallest absolute Gasteiger partial charge is 0.254 e. The van der Waals surface area contributed by atoms with E-state index >= 15 is 0 Å². The Hall–Kier alpha value is -2.45. The zero-order chi connectivity index (χ0) is 17.3. The van der Waals surface area contributed by atoms with Crippen LogP contribution >= 0.6 is 0 Å². The summed E-state index contributed by atoms with van der Waals surface area (Å²) < 4.78 is 6.56. The third-order valence-corrected chi connectivity index (χ3v) is 4.17. The summed E-state index contributed by atoms with van der Waals surface area (Å²) in [5.74, 6) is 0.283. The first kappa shape index (κ1) is 16.4. The van der Waals surface area contributed by atoms with Gasteiger partial charge in [0, 0.05) is 32.8 Å². The molecule has 128 valence electrons. The molecule has 8 nitrogen and oxygen atoms in total. The molecule has 1 saturated heterocycles. The Balaban J connectivity index is 1.66. The van der Waals surface area contributed by atoms with E-state index in [1.54, 1.807) is 21.6 Å². The molecule has 0 bridgehead atoms. The Morgan fingerprint density at radius 1 is 1.42 bits per heavy atom. The van der Waals surface area contributed by atoms with Crippen molar-refractivity contribution < 1.29 is 19.4 Å². The SMILES string of the molecule is COCC(=O)NC1CN(C(=O)c2ccc3c(c2)nc(CO)n3C)C1. The van der Waals surface area contributed by atoms with Gasteiger partial charge in [-0.25, -0.2) is 4.98 Å². The zero-order valence-corrected chi connectivity index (χ0v) is 13.7. The van der Waals surface area contributed by atoms with Crippen LogP contribution in [0.1, 0.15) is 16.2 Å². The summed E-state index contributed by atoms with van der Waals surface area (Å²) in [6, 6.07) is 5.28. The van der Waals surface area contributed by atoms with Crippen LogP contribution in [0.4, 0.5) is 0 Å². The van der Waals surface area contributed by atoms with Crippen molar-refractivity contribution in [1.29, 1.82) is 0 Å². The van der Waals surface area contributed by atoms with Gasteiger partial charge in [-0.3, -0.25) is 9.59 Å². The van der Waals surface area contributed by atoms with Gasteiger partial charge >= 0.3 is 0 Å². The summed E-state index contributed by atoms with van der Waals surface area (Å²) in [5.41, 5.74) is 2.09. The number of carbonyl (C=O) groups excluding carboxylic acids is 2. The molecule has 2 amide bonds. The van der Waals surface area contributed by atoms with Crippen molar-refractivity contribution >= 4 is 22.8 Å². The molecule has 1 aliphatic heterocycles. The van der Waals surface area contributed by atoms with Crippen LogP contribution in [0.15, 0.2) is 18.2 Å². The fraction of sp³-hybridized carbons (Fsp3) is 0.438. The highest BCUT2D eigenvalue weighted by Crippen LogP contribution is 2.20. The molecule has 1 aliphatic rings. The van der Waals surface area contributed by atoms with Gasteiger partial charge in [0.05, 0.1) is 17.1 Å². The highest BCUT2D eigenvalue weighted by Gasteiger charge is 2.32. The summed E-state index contributed by atoms with van der Waals surface area (Å²) in [6.07, 6.45) is 0. The summed E-state index contributed by atoms with van der Waals surface area (Å²) in [7, 11) is 3.29. The number of rotatable bonds is 5. The van der Waals surface area contributed by atoms with Gasteiger partial charge < -0.3 is 24.6 Å². The molecule has 0 spiro atoms. The first-order valence-corrected chi connectivity index (χ1v) is 7.67. The minimum atomic E-state index is -0.180. The average Bonchev–Trinajstić information content (AvgIpc) is 2.86. The number of aryl methyl sites for hydroxylation is 1. The second-order valence-corrected chi connectivity index (χ2v) is 5.86. The van der Waals surface area contributed by atoms with Crippen molar-refractivity contribution in [3.05, 3.63) is 29.6 Å². The second kappa shape index (κ2) is 6.58. The Morgan fingerprint density at radius 2 is 2.17 bits per heavy atom. The van der Waals surface area contributed by atoms with E-state index in [1.807, 2.05) is 13.1 Å². The first-order chi connectivity index (χ1) is 11.5. The predicted octanol–water partition coefficient (Wildman–Crippen LogP) is -0.347. The molecule has 24 heavy (non-hydrogen) atoms. The maximum absolute atomic E-state index is 12.5. The number of amides is 2. The number of carbonyl (C=O) groups is 2. The van der Waals surface area contributed by atoms with Gasteiger partial charge in [0.25, 0.3) is 5.91 Å². The average molecular weight is 332 g/mol. The number of hydrogen-bond donors (Lipinski definition) is 2. The van der Waals surface area contributed by atoms with Crippen LogP contribution in [0, 0.1) is 0 Å². The molecule has 1 fully saturated rings. The van der Waals surface area contributed by atoms with Gasteiger partial charge in [0.15, 0.2) is 0 Å². The highest BCUT2D eigenvalue weighted by atomic mass is 16.5. The number of imidazole rings is 1. The van der Waals surface area contributed by atoms with E-state index < -0.39 is 0 Å². The van der Waals surface area contributed by atoms with Gasteiger partial charge in [0.2, 0.25) is 5.91 Å². The molecule has 1 aromatic carbocycles. The highest BCUT2D eigenvalue weighted by molar-refractivity contribution is 5.98. The first-order valence-electron chi connectivity index (χ1n) is 7.67. The molecule has 0 saturated carbocycles. The fourth-order valence-electron chi connectivity index (χ4n) is 2.84. The zero-order valence-electron chi connectivity index (χ0n) is 13.7. The van der Waals surface area contributed by atoms with Crippen molar-refractivity contribution in [2.75, 3.05) is 26.8 Å². The number of benzene rings is 1. The minimum Gasteiger partial charge on any atom is -0.388 e. The van der Waals surface area contributed by atoms with Gasteiger partial charge in [0.1, 0.15) is 19.0 Å². The molecule has 2 N–H and O–H groups in total. The van der Waals surface area contributed by atoms with Crippen LogP contribution in [0.2, 0.25) is 0 Å². The number of ether oxygens (including phenoxy) is 1. The Morgan fingerprint density at radius 3 is 2.83 bits per heavy atom. The van der Waals surface area contributed by atoms with E-state index in [0.717, 1.165) is 5.52 Å². The molecule has 8 heteroatoms. The number of hydrogen-bond acceptors (Lipinski definition) is 5. The number of aliphatic hydroxyl groups excluding tert-OH is 1. The number of nitrogens with one attached hydrogen (secondary N) is 1. The quantitative estimate of drug-likeness (QED) is 0.780. The third-order valence-electron chi connectivity index (χ3n) is 4.17. The lowest BCUT2D eigenvalue weighted by Crippen LogP contribution is -2.61. The van der Waals surface area contributed by atoms with E-state index in [-0.39, 0.29) is 31.1 Å². The van der Waals surface area contributed by atoms with E-state index in [4.69, 9.17) is 4.74 Å². The van der Waals surface area contributed by atoms with E-state index in [9.17, 15) is 14.7 Å². The molecule has 1 aromatic heterocycles. The number of aliphatic hydroxyl groups is 1. The van der Waals surface area contributed by atoms with Crippen LogP contribution in [-0.2, 0) is 23.2 Å². The number of aromatic nitrogens is 2.